The van der Waals surface area contributed by atoms with Crippen molar-refractivity contribution in [3.05, 3.63) is 83.8 Å². The van der Waals surface area contributed by atoms with Crippen molar-refractivity contribution in [2.24, 2.45) is 0 Å². The van der Waals surface area contributed by atoms with E-state index >= 15 is 0 Å². The van der Waals surface area contributed by atoms with E-state index in [9.17, 15) is 4.79 Å². The molecule has 0 bridgehead atoms. The van der Waals surface area contributed by atoms with E-state index in [0.29, 0.717) is 18.9 Å². The first-order valence-corrected chi connectivity index (χ1v) is 9.07. The summed E-state index contributed by atoms with van der Waals surface area (Å²) in [6.45, 7) is 4.74. The second kappa shape index (κ2) is 7.16. The Kier molecular flexibility index (Phi) is 4.55. The maximum absolute atomic E-state index is 11.9. The molecule has 0 radical (unpaired) electrons. The predicted molar refractivity (Wildman–Crippen MR) is 106 cm³/mol. The molecule has 2 heterocycles. The molecule has 2 aromatic carbocycles. The van der Waals surface area contributed by atoms with Crippen LogP contribution in [0.15, 0.2) is 71.1 Å². The van der Waals surface area contributed by atoms with E-state index in [1.54, 1.807) is 13.0 Å². The van der Waals surface area contributed by atoms with Gasteiger partial charge in [0.2, 0.25) is 5.76 Å². The molecule has 2 aromatic heterocycles. The molecule has 0 saturated carbocycles. The van der Waals surface area contributed by atoms with Crippen molar-refractivity contribution in [3.8, 4) is 11.3 Å². The zero-order valence-electron chi connectivity index (χ0n) is 15.4. The number of furan rings is 1. The maximum Gasteiger partial charge on any atom is 0.374 e. The summed E-state index contributed by atoms with van der Waals surface area (Å²) in [5.74, 6) is 0.522. The van der Waals surface area contributed by atoms with Gasteiger partial charge in [-0.1, -0.05) is 42.0 Å². The van der Waals surface area contributed by atoms with Crippen LogP contribution in [-0.2, 0) is 11.3 Å². The molecule has 136 valence electrons. The number of rotatable bonds is 5. The molecule has 0 N–H and O–H groups in total. The number of nitrogens with zero attached hydrogens (tertiary/aromatic N) is 1. The lowest BCUT2D eigenvalue weighted by molar-refractivity contribution is 0.0488. The Morgan fingerprint density at radius 2 is 1.85 bits per heavy atom. The highest BCUT2D eigenvalue weighted by atomic mass is 16.5. The van der Waals surface area contributed by atoms with E-state index in [2.05, 4.69) is 47.9 Å². The Balaban J connectivity index is 1.77. The fourth-order valence-electron chi connectivity index (χ4n) is 3.34. The van der Waals surface area contributed by atoms with Gasteiger partial charge in [0.25, 0.3) is 0 Å². The molecule has 4 rings (SSSR count). The lowest BCUT2D eigenvalue weighted by Gasteiger charge is -2.10. The standard InChI is InChI=1S/C23H21NO3/c1-3-26-23(25)22-12-10-19(27-22)15-24-20-11-9-16(2)13-18(20)14-21(24)17-7-5-4-6-8-17/h4-14H,3,15H2,1-2H3. The summed E-state index contributed by atoms with van der Waals surface area (Å²) in [6.07, 6.45) is 0. The highest BCUT2D eigenvalue weighted by Crippen LogP contribution is 2.30. The van der Waals surface area contributed by atoms with Crippen LogP contribution in [0, 0.1) is 6.92 Å². The molecule has 0 atom stereocenters. The van der Waals surface area contributed by atoms with Crippen LogP contribution in [0.2, 0.25) is 0 Å². The van der Waals surface area contributed by atoms with E-state index in [1.165, 1.54) is 10.9 Å². The van der Waals surface area contributed by atoms with E-state index < -0.39 is 5.97 Å². The van der Waals surface area contributed by atoms with Crippen LogP contribution in [0.4, 0.5) is 0 Å². The average Bonchev–Trinajstić information content (AvgIpc) is 3.28. The van der Waals surface area contributed by atoms with Gasteiger partial charge in [0.05, 0.1) is 13.2 Å². The van der Waals surface area contributed by atoms with Crippen molar-refractivity contribution in [3.63, 3.8) is 0 Å². The summed E-state index contributed by atoms with van der Waals surface area (Å²) < 4.78 is 13.0. The normalized spacial score (nSPS) is 11.0. The number of ether oxygens (including phenoxy) is 1. The second-order valence-corrected chi connectivity index (χ2v) is 6.53. The number of hydrogen-bond donors (Lipinski definition) is 0. The fraction of sp³-hybridized carbons (Fsp3) is 0.174. The number of carbonyl (C=O) groups excluding carboxylic acids is 1. The van der Waals surface area contributed by atoms with Gasteiger partial charge in [-0.05, 0) is 49.7 Å². The van der Waals surface area contributed by atoms with Gasteiger partial charge in [-0.2, -0.15) is 0 Å². The van der Waals surface area contributed by atoms with Crippen LogP contribution in [0.25, 0.3) is 22.2 Å². The van der Waals surface area contributed by atoms with Crippen LogP contribution in [-0.4, -0.2) is 17.1 Å². The molecule has 0 aliphatic rings. The molecule has 4 aromatic rings. The molecule has 0 aliphatic heterocycles. The minimum absolute atomic E-state index is 0.236. The van der Waals surface area contributed by atoms with Gasteiger partial charge in [0.1, 0.15) is 5.76 Å². The molecule has 0 saturated heterocycles. The summed E-state index contributed by atoms with van der Waals surface area (Å²) in [5.41, 5.74) is 4.62. The molecule has 0 fully saturated rings. The number of carbonyl (C=O) groups is 1. The minimum Gasteiger partial charge on any atom is -0.460 e. The first-order chi connectivity index (χ1) is 13.2. The number of benzene rings is 2. The summed E-state index contributed by atoms with van der Waals surface area (Å²) in [6, 6.07) is 22.4. The third-order valence-electron chi connectivity index (χ3n) is 4.58. The SMILES string of the molecule is CCOC(=O)c1ccc(Cn2c(-c3ccccc3)cc3cc(C)ccc32)o1. The van der Waals surface area contributed by atoms with Crippen LogP contribution in [0.5, 0.6) is 0 Å². The molecule has 4 nitrogen and oxygen atoms in total. The van der Waals surface area contributed by atoms with Crippen molar-refractivity contribution in [2.45, 2.75) is 20.4 Å². The summed E-state index contributed by atoms with van der Waals surface area (Å²) in [5, 5.41) is 1.19. The van der Waals surface area contributed by atoms with Crippen LogP contribution < -0.4 is 0 Å². The first-order valence-electron chi connectivity index (χ1n) is 9.07. The molecule has 0 spiro atoms. The first kappa shape index (κ1) is 17.2. The summed E-state index contributed by atoms with van der Waals surface area (Å²) >= 11 is 0. The predicted octanol–water partition coefficient (Wildman–Crippen LogP) is 5.43. The molecular weight excluding hydrogens is 338 g/mol. The van der Waals surface area contributed by atoms with Crippen molar-refractivity contribution >= 4 is 16.9 Å². The number of esters is 1. The Labute approximate surface area is 158 Å². The lowest BCUT2D eigenvalue weighted by Crippen LogP contribution is -2.03. The van der Waals surface area contributed by atoms with Gasteiger partial charge in [-0.3, -0.25) is 0 Å². The van der Waals surface area contributed by atoms with Crippen molar-refractivity contribution in [1.82, 2.24) is 4.57 Å². The summed E-state index contributed by atoms with van der Waals surface area (Å²) in [7, 11) is 0. The second-order valence-electron chi connectivity index (χ2n) is 6.53. The molecular formula is C23H21NO3. The zero-order chi connectivity index (χ0) is 18.8. The number of aryl methyl sites for hydroxylation is 1. The fourth-order valence-corrected chi connectivity index (χ4v) is 3.34. The largest absolute Gasteiger partial charge is 0.460 e. The smallest absolute Gasteiger partial charge is 0.374 e. The Morgan fingerprint density at radius 3 is 2.63 bits per heavy atom. The minimum atomic E-state index is -0.431. The van der Waals surface area contributed by atoms with Crippen LogP contribution >= 0.6 is 0 Å². The van der Waals surface area contributed by atoms with Gasteiger partial charge in [0, 0.05) is 16.6 Å². The highest BCUT2D eigenvalue weighted by Gasteiger charge is 2.15. The van der Waals surface area contributed by atoms with Crippen LogP contribution in [0.3, 0.4) is 0 Å². The topological polar surface area (TPSA) is 44.4 Å². The molecule has 0 unspecified atom stereocenters. The zero-order valence-corrected chi connectivity index (χ0v) is 15.4. The third kappa shape index (κ3) is 3.38. The van der Waals surface area contributed by atoms with Gasteiger partial charge < -0.3 is 13.7 Å². The van der Waals surface area contributed by atoms with E-state index in [0.717, 1.165) is 16.8 Å². The van der Waals surface area contributed by atoms with E-state index in [-0.39, 0.29) is 5.76 Å². The Morgan fingerprint density at radius 1 is 1.04 bits per heavy atom. The van der Waals surface area contributed by atoms with Crippen molar-refractivity contribution in [2.75, 3.05) is 6.61 Å². The molecule has 4 heteroatoms. The molecule has 27 heavy (non-hydrogen) atoms. The van der Waals surface area contributed by atoms with Gasteiger partial charge in [0.15, 0.2) is 0 Å². The monoisotopic (exact) mass is 359 g/mol. The van der Waals surface area contributed by atoms with Gasteiger partial charge >= 0.3 is 5.97 Å². The quantitative estimate of drug-likeness (QED) is 0.446. The molecule has 0 aliphatic carbocycles. The van der Waals surface area contributed by atoms with Crippen molar-refractivity contribution < 1.29 is 13.9 Å². The number of fused-ring (bicyclic) bond motifs is 1. The Hall–Kier alpha value is -3.27. The average molecular weight is 359 g/mol. The number of aromatic nitrogens is 1. The van der Waals surface area contributed by atoms with Gasteiger partial charge in [-0.25, -0.2) is 4.79 Å². The van der Waals surface area contributed by atoms with Crippen LogP contribution in [0.1, 0.15) is 28.8 Å². The van der Waals surface area contributed by atoms with E-state index in [4.69, 9.17) is 9.15 Å². The van der Waals surface area contributed by atoms with Gasteiger partial charge in [-0.15, -0.1) is 0 Å². The maximum atomic E-state index is 11.9. The molecule has 0 amide bonds. The lowest BCUT2D eigenvalue weighted by atomic mass is 10.1. The third-order valence-corrected chi connectivity index (χ3v) is 4.58. The highest BCUT2D eigenvalue weighted by molar-refractivity contribution is 5.88. The number of hydrogen-bond acceptors (Lipinski definition) is 3. The van der Waals surface area contributed by atoms with E-state index in [1.807, 2.05) is 24.3 Å². The Bertz CT molecular complexity index is 1090. The van der Waals surface area contributed by atoms with Crippen molar-refractivity contribution in [1.29, 1.82) is 0 Å². The summed E-state index contributed by atoms with van der Waals surface area (Å²) in [4.78, 5) is 11.9.